The summed E-state index contributed by atoms with van der Waals surface area (Å²) in [6.07, 6.45) is 2.86. The van der Waals surface area contributed by atoms with Gasteiger partial charge in [-0.25, -0.2) is 0 Å². The zero-order valence-electron chi connectivity index (χ0n) is 17.8. The van der Waals surface area contributed by atoms with Gasteiger partial charge in [0.25, 0.3) is 0 Å². The summed E-state index contributed by atoms with van der Waals surface area (Å²) >= 11 is 3.43. The monoisotopic (exact) mass is 474 g/mol. The quantitative estimate of drug-likeness (QED) is 0.443. The number of nitrogens with one attached hydrogen (secondary N) is 1. The molecule has 1 atom stereocenters. The number of benzene rings is 2. The van der Waals surface area contributed by atoms with Crippen LogP contribution in [0.15, 0.2) is 59.1 Å². The van der Waals surface area contributed by atoms with Crippen LogP contribution in [0, 0.1) is 0 Å². The first-order valence-corrected chi connectivity index (χ1v) is 11.3. The Morgan fingerprint density at radius 1 is 1.07 bits per heavy atom. The van der Waals surface area contributed by atoms with E-state index in [1.807, 2.05) is 54.6 Å². The Morgan fingerprint density at radius 2 is 1.77 bits per heavy atom. The molecule has 0 fully saturated rings. The van der Waals surface area contributed by atoms with Crippen molar-refractivity contribution in [3.63, 3.8) is 0 Å². The largest absolute Gasteiger partial charge is 0.494 e. The van der Waals surface area contributed by atoms with Gasteiger partial charge in [-0.2, -0.15) is 0 Å². The summed E-state index contributed by atoms with van der Waals surface area (Å²) in [5.41, 5.74) is 0.986. The second kappa shape index (κ2) is 13.1. The summed E-state index contributed by atoms with van der Waals surface area (Å²) in [7, 11) is 0. The Labute approximate surface area is 187 Å². The minimum atomic E-state index is -0.534. The molecule has 0 aliphatic carbocycles. The van der Waals surface area contributed by atoms with Gasteiger partial charge in [0.1, 0.15) is 11.8 Å². The molecule has 0 heterocycles. The Hall–Kier alpha value is -2.34. The molecule has 1 N–H and O–H groups in total. The van der Waals surface area contributed by atoms with Gasteiger partial charge in [-0.15, -0.1) is 0 Å². The number of amides is 2. The van der Waals surface area contributed by atoms with E-state index >= 15 is 0 Å². The number of para-hydroxylation sites is 1. The second-order valence-corrected chi connectivity index (χ2v) is 8.15. The van der Waals surface area contributed by atoms with E-state index in [-0.39, 0.29) is 11.8 Å². The van der Waals surface area contributed by atoms with Gasteiger partial charge in [0, 0.05) is 24.0 Å². The highest BCUT2D eigenvalue weighted by atomic mass is 79.9. The van der Waals surface area contributed by atoms with E-state index in [2.05, 4.69) is 28.2 Å². The lowest BCUT2D eigenvalue weighted by molar-refractivity contribution is -0.140. The minimum absolute atomic E-state index is 0.0484. The number of hydrogen-bond acceptors (Lipinski definition) is 3. The molecular weight excluding hydrogens is 444 g/mol. The first-order chi connectivity index (χ1) is 14.5. The number of hydrogen-bond donors (Lipinski definition) is 1. The van der Waals surface area contributed by atoms with E-state index < -0.39 is 6.04 Å². The maximum absolute atomic E-state index is 13.0. The molecule has 162 valence electrons. The van der Waals surface area contributed by atoms with Crippen molar-refractivity contribution < 1.29 is 14.3 Å². The molecule has 2 amide bonds. The Kier molecular flexibility index (Phi) is 10.4. The Bertz CT molecular complexity index is 781. The molecule has 0 aromatic heterocycles. The third kappa shape index (κ3) is 8.19. The molecule has 0 aliphatic heterocycles. The van der Waals surface area contributed by atoms with Crippen LogP contribution in [-0.4, -0.2) is 35.9 Å². The van der Waals surface area contributed by atoms with E-state index in [1.54, 1.807) is 11.8 Å². The molecule has 0 spiro atoms. The molecule has 6 heteroatoms. The van der Waals surface area contributed by atoms with Crippen molar-refractivity contribution in [2.24, 2.45) is 0 Å². The summed E-state index contributed by atoms with van der Waals surface area (Å²) in [6, 6.07) is 16.8. The lowest BCUT2D eigenvalue weighted by Gasteiger charge is -2.29. The van der Waals surface area contributed by atoms with Crippen molar-refractivity contribution in [1.82, 2.24) is 10.2 Å². The van der Waals surface area contributed by atoms with Gasteiger partial charge in [-0.05, 0) is 49.6 Å². The van der Waals surface area contributed by atoms with E-state index in [1.165, 1.54) is 0 Å². The maximum atomic E-state index is 13.0. The molecule has 2 aromatic rings. The summed E-state index contributed by atoms with van der Waals surface area (Å²) in [5, 5.41) is 2.94. The standard InChI is InChI=1S/C24H31BrN2O3/c1-3-4-16-26-24(29)19(2)27(18-20-12-14-21(25)15-13-20)23(28)11-8-17-30-22-9-6-5-7-10-22/h5-7,9-10,12-15,19H,3-4,8,11,16-18H2,1-2H3,(H,26,29). The van der Waals surface area contributed by atoms with Crippen molar-refractivity contribution in [2.45, 2.75) is 52.1 Å². The van der Waals surface area contributed by atoms with Gasteiger partial charge in [0.2, 0.25) is 11.8 Å². The van der Waals surface area contributed by atoms with Crippen molar-refractivity contribution in [1.29, 1.82) is 0 Å². The number of unbranched alkanes of at least 4 members (excludes halogenated alkanes) is 1. The van der Waals surface area contributed by atoms with Crippen LogP contribution in [0.4, 0.5) is 0 Å². The van der Waals surface area contributed by atoms with Gasteiger partial charge in [-0.1, -0.05) is 59.6 Å². The SMILES string of the molecule is CCCCNC(=O)C(C)N(Cc1ccc(Br)cc1)C(=O)CCCOc1ccccc1. The van der Waals surface area contributed by atoms with E-state index in [0.717, 1.165) is 28.6 Å². The van der Waals surface area contributed by atoms with Crippen LogP contribution < -0.4 is 10.1 Å². The molecule has 0 saturated carbocycles. The smallest absolute Gasteiger partial charge is 0.242 e. The summed E-state index contributed by atoms with van der Waals surface area (Å²) in [5.74, 6) is 0.627. The maximum Gasteiger partial charge on any atom is 0.242 e. The normalized spacial score (nSPS) is 11.6. The first-order valence-electron chi connectivity index (χ1n) is 10.5. The fraction of sp³-hybridized carbons (Fsp3) is 0.417. The van der Waals surface area contributed by atoms with Crippen LogP contribution in [-0.2, 0) is 16.1 Å². The van der Waals surface area contributed by atoms with E-state index in [0.29, 0.717) is 32.5 Å². The topological polar surface area (TPSA) is 58.6 Å². The van der Waals surface area contributed by atoms with Gasteiger partial charge in [0.15, 0.2) is 0 Å². The van der Waals surface area contributed by atoms with Crippen molar-refractivity contribution in [3.05, 3.63) is 64.6 Å². The predicted molar refractivity (Wildman–Crippen MR) is 123 cm³/mol. The lowest BCUT2D eigenvalue weighted by atomic mass is 10.1. The van der Waals surface area contributed by atoms with Crippen LogP contribution in [0.1, 0.15) is 45.1 Å². The van der Waals surface area contributed by atoms with Crippen LogP contribution in [0.2, 0.25) is 0 Å². The van der Waals surface area contributed by atoms with Crippen molar-refractivity contribution >= 4 is 27.7 Å². The predicted octanol–water partition coefficient (Wildman–Crippen LogP) is 4.94. The zero-order chi connectivity index (χ0) is 21.8. The number of nitrogens with zero attached hydrogens (tertiary/aromatic N) is 1. The van der Waals surface area contributed by atoms with Crippen LogP contribution in [0.25, 0.3) is 0 Å². The molecule has 0 aliphatic rings. The molecule has 0 radical (unpaired) electrons. The lowest BCUT2D eigenvalue weighted by Crippen LogP contribution is -2.47. The highest BCUT2D eigenvalue weighted by Crippen LogP contribution is 2.16. The number of halogens is 1. The molecule has 0 bridgehead atoms. The van der Waals surface area contributed by atoms with Gasteiger partial charge < -0.3 is 15.0 Å². The van der Waals surface area contributed by atoms with Crippen LogP contribution in [0.5, 0.6) is 5.75 Å². The Morgan fingerprint density at radius 3 is 2.43 bits per heavy atom. The molecule has 30 heavy (non-hydrogen) atoms. The third-order valence-electron chi connectivity index (χ3n) is 4.81. The van der Waals surface area contributed by atoms with E-state index in [9.17, 15) is 9.59 Å². The second-order valence-electron chi connectivity index (χ2n) is 7.23. The number of carbonyl (C=O) groups excluding carboxylic acids is 2. The van der Waals surface area contributed by atoms with Crippen LogP contribution >= 0.6 is 15.9 Å². The molecule has 5 nitrogen and oxygen atoms in total. The van der Waals surface area contributed by atoms with Crippen molar-refractivity contribution in [2.75, 3.05) is 13.2 Å². The summed E-state index contributed by atoms with van der Waals surface area (Å²) < 4.78 is 6.66. The molecule has 2 rings (SSSR count). The average molecular weight is 475 g/mol. The van der Waals surface area contributed by atoms with E-state index in [4.69, 9.17) is 4.74 Å². The van der Waals surface area contributed by atoms with Crippen LogP contribution in [0.3, 0.4) is 0 Å². The van der Waals surface area contributed by atoms with Gasteiger partial charge in [-0.3, -0.25) is 9.59 Å². The number of carbonyl (C=O) groups is 2. The number of rotatable bonds is 12. The summed E-state index contributed by atoms with van der Waals surface area (Å²) in [6.45, 7) is 5.35. The fourth-order valence-electron chi connectivity index (χ4n) is 2.98. The first kappa shape index (κ1) is 23.9. The Balaban J connectivity index is 1.96. The molecule has 0 saturated heterocycles. The minimum Gasteiger partial charge on any atom is -0.494 e. The van der Waals surface area contributed by atoms with Gasteiger partial charge >= 0.3 is 0 Å². The molecule has 1 unspecified atom stereocenters. The number of ether oxygens (including phenoxy) is 1. The highest BCUT2D eigenvalue weighted by molar-refractivity contribution is 9.10. The average Bonchev–Trinajstić information content (AvgIpc) is 2.76. The third-order valence-corrected chi connectivity index (χ3v) is 5.34. The molecular formula is C24H31BrN2O3. The fourth-order valence-corrected chi connectivity index (χ4v) is 3.24. The molecule has 2 aromatic carbocycles. The van der Waals surface area contributed by atoms with Gasteiger partial charge in [0.05, 0.1) is 6.61 Å². The van der Waals surface area contributed by atoms with Crippen molar-refractivity contribution in [3.8, 4) is 5.75 Å². The highest BCUT2D eigenvalue weighted by Gasteiger charge is 2.25. The summed E-state index contributed by atoms with van der Waals surface area (Å²) in [4.78, 5) is 27.2. The zero-order valence-corrected chi connectivity index (χ0v) is 19.4.